The van der Waals surface area contributed by atoms with Gasteiger partial charge in [0.25, 0.3) is 5.91 Å². The SMILES string of the molecule is CC1C(NC(=O)c2cccs2)C2CCN1CC2. The van der Waals surface area contributed by atoms with Crippen LogP contribution < -0.4 is 5.32 Å². The van der Waals surface area contributed by atoms with Gasteiger partial charge in [-0.3, -0.25) is 9.69 Å². The molecule has 2 bridgehead atoms. The minimum atomic E-state index is 0.102. The van der Waals surface area contributed by atoms with Crippen molar-refractivity contribution in [2.24, 2.45) is 5.92 Å². The molecule has 1 amide bonds. The second-order valence-electron chi connectivity index (χ2n) is 5.09. The van der Waals surface area contributed by atoms with Crippen LogP contribution in [-0.2, 0) is 0 Å². The molecule has 1 N–H and O–H groups in total. The molecule has 17 heavy (non-hydrogen) atoms. The lowest BCUT2D eigenvalue weighted by molar-refractivity contribution is 0.0218. The number of thiophene rings is 1. The summed E-state index contributed by atoms with van der Waals surface area (Å²) < 4.78 is 0. The number of nitrogens with one attached hydrogen (secondary N) is 1. The molecule has 0 aromatic carbocycles. The lowest BCUT2D eigenvalue weighted by atomic mass is 9.79. The molecule has 0 radical (unpaired) electrons. The summed E-state index contributed by atoms with van der Waals surface area (Å²) >= 11 is 1.52. The zero-order chi connectivity index (χ0) is 11.8. The highest BCUT2D eigenvalue weighted by Gasteiger charge is 2.40. The zero-order valence-corrected chi connectivity index (χ0v) is 10.9. The average molecular weight is 250 g/mol. The van der Waals surface area contributed by atoms with E-state index in [1.165, 1.54) is 37.3 Å². The smallest absolute Gasteiger partial charge is 0.261 e. The van der Waals surface area contributed by atoms with E-state index in [1.54, 1.807) is 0 Å². The highest BCUT2D eigenvalue weighted by Crippen LogP contribution is 2.32. The number of carbonyl (C=O) groups excluding carboxylic acids is 1. The molecule has 3 nitrogen and oxygen atoms in total. The van der Waals surface area contributed by atoms with Crippen LogP contribution >= 0.6 is 11.3 Å². The van der Waals surface area contributed by atoms with Crippen LogP contribution in [0, 0.1) is 5.92 Å². The standard InChI is InChI=1S/C13H18N2OS/c1-9-12(10-4-6-15(9)7-5-10)14-13(16)11-3-2-8-17-11/h2-3,8-10,12H,4-7H2,1H3,(H,14,16). The Morgan fingerprint density at radius 2 is 2.24 bits per heavy atom. The van der Waals surface area contributed by atoms with Crippen molar-refractivity contribution in [3.63, 3.8) is 0 Å². The fraction of sp³-hybridized carbons (Fsp3) is 0.615. The Kier molecular flexibility index (Phi) is 2.92. The molecular weight excluding hydrogens is 232 g/mol. The van der Waals surface area contributed by atoms with Crippen molar-refractivity contribution in [3.8, 4) is 0 Å². The van der Waals surface area contributed by atoms with E-state index in [1.807, 2.05) is 17.5 Å². The molecule has 4 heterocycles. The van der Waals surface area contributed by atoms with Crippen molar-refractivity contribution in [1.82, 2.24) is 10.2 Å². The molecule has 3 aliphatic rings. The van der Waals surface area contributed by atoms with E-state index in [2.05, 4.69) is 17.1 Å². The van der Waals surface area contributed by atoms with Crippen molar-refractivity contribution in [3.05, 3.63) is 22.4 Å². The summed E-state index contributed by atoms with van der Waals surface area (Å²) in [7, 11) is 0. The van der Waals surface area contributed by atoms with E-state index in [4.69, 9.17) is 0 Å². The quantitative estimate of drug-likeness (QED) is 0.870. The lowest BCUT2D eigenvalue weighted by Gasteiger charge is -2.49. The third kappa shape index (κ3) is 2.00. The van der Waals surface area contributed by atoms with Crippen LogP contribution in [0.3, 0.4) is 0 Å². The summed E-state index contributed by atoms with van der Waals surface area (Å²) in [4.78, 5) is 15.4. The summed E-state index contributed by atoms with van der Waals surface area (Å²) in [6.45, 7) is 4.65. The van der Waals surface area contributed by atoms with Crippen molar-refractivity contribution in [2.75, 3.05) is 13.1 Å². The number of carbonyl (C=O) groups is 1. The van der Waals surface area contributed by atoms with Crippen molar-refractivity contribution in [1.29, 1.82) is 0 Å². The first-order valence-corrected chi connectivity index (χ1v) is 7.22. The van der Waals surface area contributed by atoms with Gasteiger partial charge in [0.05, 0.1) is 4.88 Å². The molecule has 1 aromatic heterocycles. The minimum Gasteiger partial charge on any atom is -0.347 e. The fourth-order valence-electron chi connectivity index (χ4n) is 3.18. The summed E-state index contributed by atoms with van der Waals surface area (Å²) in [6, 6.07) is 4.66. The van der Waals surface area contributed by atoms with E-state index in [0.29, 0.717) is 18.0 Å². The summed E-state index contributed by atoms with van der Waals surface area (Å²) in [6.07, 6.45) is 2.47. The van der Waals surface area contributed by atoms with Crippen LogP contribution in [-0.4, -0.2) is 36.0 Å². The fourth-order valence-corrected chi connectivity index (χ4v) is 3.80. The largest absolute Gasteiger partial charge is 0.347 e. The Morgan fingerprint density at radius 1 is 1.47 bits per heavy atom. The van der Waals surface area contributed by atoms with Gasteiger partial charge in [-0.05, 0) is 50.2 Å². The van der Waals surface area contributed by atoms with Crippen LogP contribution in [0.1, 0.15) is 29.4 Å². The van der Waals surface area contributed by atoms with Crippen LogP contribution in [0.25, 0.3) is 0 Å². The molecule has 92 valence electrons. The van der Waals surface area contributed by atoms with Gasteiger partial charge in [-0.2, -0.15) is 0 Å². The molecule has 4 rings (SSSR count). The first kappa shape index (κ1) is 11.2. The van der Waals surface area contributed by atoms with E-state index in [-0.39, 0.29) is 5.91 Å². The van der Waals surface area contributed by atoms with Crippen LogP contribution in [0.5, 0.6) is 0 Å². The molecule has 0 aliphatic carbocycles. The van der Waals surface area contributed by atoms with Gasteiger partial charge >= 0.3 is 0 Å². The monoisotopic (exact) mass is 250 g/mol. The first-order valence-electron chi connectivity index (χ1n) is 6.34. The van der Waals surface area contributed by atoms with Gasteiger partial charge in [-0.15, -0.1) is 11.3 Å². The molecule has 2 atom stereocenters. The third-order valence-corrected chi connectivity index (χ3v) is 5.09. The van der Waals surface area contributed by atoms with E-state index in [9.17, 15) is 4.79 Å². The summed E-state index contributed by atoms with van der Waals surface area (Å²) in [5.74, 6) is 0.782. The summed E-state index contributed by atoms with van der Waals surface area (Å²) in [5, 5.41) is 5.19. The molecule has 3 fully saturated rings. The molecule has 3 saturated heterocycles. The molecule has 4 heteroatoms. The van der Waals surface area contributed by atoms with Gasteiger partial charge in [0.2, 0.25) is 0 Å². The molecule has 1 aromatic rings. The Labute approximate surface area is 106 Å². The number of hydrogen-bond acceptors (Lipinski definition) is 3. The lowest BCUT2D eigenvalue weighted by Crippen LogP contribution is -2.62. The normalized spacial score (nSPS) is 35.8. The van der Waals surface area contributed by atoms with Crippen molar-refractivity contribution >= 4 is 17.2 Å². The third-order valence-electron chi connectivity index (χ3n) is 4.22. The molecule has 3 aliphatic heterocycles. The summed E-state index contributed by atoms with van der Waals surface area (Å²) in [5.41, 5.74) is 0. The zero-order valence-electron chi connectivity index (χ0n) is 10.1. The van der Waals surface area contributed by atoms with Gasteiger partial charge in [0.15, 0.2) is 0 Å². The predicted octanol–water partition coefficient (Wildman–Crippen LogP) is 1.96. The maximum Gasteiger partial charge on any atom is 0.261 e. The van der Waals surface area contributed by atoms with Gasteiger partial charge in [-0.25, -0.2) is 0 Å². The van der Waals surface area contributed by atoms with Gasteiger partial charge < -0.3 is 5.32 Å². The molecular formula is C13H18N2OS. The highest BCUT2D eigenvalue weighted by atomic mass is 32.1. The maximum absolute atomic E-state index is 12.1. The van der Waals surface area contributed by atoms with Crippen molar-refractivity contribution < 1.29 is 4.79 Å². The number of rotatable bonds is 2. The van der Waals surface area contributed by atoms with Gasteiger partial charge in [0, 0.05) is 12.1 Å². The maximum atomic E-state index is 12.1. The molecule has 0 saturated carbocycles. The van der Waals surface area contributed by atoms with E-state index in [0.717, 1.165) is 4.88 Å². The van der Waals surface area contributed by atoms with Crippen LogP contribution in [0.15, 0.2) is 17.5 Å². The number of nitrogens with zero attached hydrogens (tertiary/aromatic N) is 1. The number of fused-ring (bicyclic) bond motifs is 3. The van der Waals surface area contributed by atoms with E-state index >= 15 is 0 Å². The number of hydrogen-bond donors (Lipinski definition) is 1. The Hall–Kier alpha value is -0.870. The number of amides is 1. The van der Waals surface area contributed by atoms with E-state index < -0.39 is 0 Å². The molecule has 2 unspecified atom stereocenters. The Morgan fingerprint density at radius 3 is 2.82 bits per heavy atom. The first-order chi connectivity index (χ1) is 8.25. The highest BCUT2D eigenvalue weighted by molar-refractivity contribution is 7.12. The minimum absolute atomic E-state index is 0.102. The topological polar surface area (TPSA) is 32.3 Å². The second-order valence-corrected chi connectivity index (χ2v) is 6.04. The van der Waals surface area contributed by atoms with Crippen LogP contribution in [0.2, 0.25) is 0 Å². The molecule has 0 spiro atoms. The van der Waals surface area contributed by atoms with Crippen LogP contribution in [0.4, 0.5) is 0 Å². The predicted molar refractivity (Wildman–Crippen MR) is 69.3 cm³/mol. The Balaban J connectivity index is 1.71. The van der Waals surface area contributed by atoms with Gasteiger partial charge in [0.1, 0.15) is 0 Å². The average Bonchev–Trinajstić information content (AvgIpc) is 2.88. The Bertz CT molecular complexity index is 394. The van der Waals surface area contributed by atoms with Crippen molar-refractivity contribution in [2.45, 2.75) is 31.8 Å². The van der Waals surface area contributed by atoms with Gasteiger partial charge in [-0.1, -0.05) is 6.07 Å². The number of piperidine rings is 3. The second kappa shape index (κ2) is 4.42.